The van der Waals surface area contributed by atoms with E-state index in [0.717, 1.165) is 5.69 Å². The van der Waals surface area contributed by atoms with Gasteiger partial charge in [-0.25, -0.2) is 0 Å². The van der Waals surface area contributed by atoms with Crippen LogP contribution in [-0.4, -0.2) is 33.8 Å². The van der Waals surface area contributed by atoms with Crippen molar-refractivity contribution in [2.24, 2.45) is 0 Å². The summed E-state index contributed by atoms with van der Waals surface area (Å²) in [6.45, 7) is 1.01. The van der Waals surface area contributed by atoms with Gasteiger partial charge in [-0.2, -0.15) is 5.10 Å². The third-order valence-corrected chi connectivity index (χ3v) is 3.39. The maximum absolute atomic E-state index is 9.92. The SMILES string of the molecule is CSc1ccccc1NCC(O)Cn1cccn1. The van der Waals surface area contributed by atoms with E-state index in [1.165, 1.54) is 4.90 Å². The molecule has 5 heteroatoms. The summed E-state index contributed by atoms with van der Waals surface area (Å²) >= 11 is 1.69. The summed E-state index contributed by atoms with van der Waals surface area (Å²) < 4.78 is 1.73. The Balaban J connectivity index is 1.87. The number of nitrogens with one attached hydrogen (secondary N) is 1. The Kier molecular flexibility index (Phi) is 4.66. The minimum absolute atomic E-state index is 0.459. The van der Waals surface area contributed by atoms with Crippen LogP contribution in [0.4, 0.5) is 5.69 Å². The number of aliphatic hydroxyl groups is 1. The topological polar surface area (TPSA) is 50.1 Å². The van der Waals surface area contributed by atoms with Gasteiger partial charge in [0.05, 0.1) is 12.6 Å². The smallest absolute Gasteiger partial charge is 0.0907 e. The van der Waals surface area contributed by atoms with Crippen molar-refractivity contribution in [3.8, 4) is 0 Å². The molecule has 0 saturated heterocycles. The van der Waals surface area contributed by atoms with Gasteiger partial charge in [0.25, 0.3) is 0 Å². The number of nitrogens with zero attached hydrogens (tertiary/aromatic N) is 2. The Hall–Kier alpha value is -1.46. The van der Waals surface area contributed by atoms with Crippen molar-refractivity contribution < 1.29 is 5.11 Å². The molecular formula is C13H17N3OS. The summed E-state index contributed by atoms with van der Waals surface area (Å²) in [5, 5.41) is 17.2. The van der Waals surface area contributed by atoms with E-state index in [-0.39, 0.29) is 0 Å². The molecule has 0 spiro atoms. The van der Waals surface area contributed by atoms with Crippen LogP contribution < -0.4 is 5.32 Å². The van der Waals surface area contributed by atoms with Crippen LogP contribution in [0.15, 0.2) is 47.6 Å². The highest BCUT2D eigenvalue weighted by Crippen LogP contribution is 2.24. The molecule has 1 atom stereocenters. The summed E-state index contributed by atoms with van der Waals surface area (Å²) in [7, 11) is 0. The van der Waals surface area contributed by atoms with E-state index in [1.54, 1.807) is 22.6 Å². The molecule has 0 amide bonds. The lowest BCUT2D eigenvalue weighted by Gasteiger charge is -2.14. The highest BCUT2D eigenvalue weighted by Gasteiger charge is 2.06. The molecule has 0 aliphatic rings. The number of anilines is 1. The second-order valence-corrected chi connectivity index (χ2v) is 4.81. The van der Waals surface area contributed by atoms with Crippen molar-refractivity contribution in [2.45, 2.75) is 17.5 Å². The maximum atomic E-state index is 9.92. The normalized spacial score (nSPS) is 12.3. The lowest BCUT2D eigenvalue weighted by molar-refractivity contribution is 0.161. The Labute approximate surface area is 111 Å². The molecule has 1 unspecified atom stereocenters. The Morgan fingerprint density at radius 1 is 1.39 bits per heavy atom. The van der Waals surface area contributed by atoms with Crippen molar-refractivity contribution in [2.75, 3.05) is 18.1 Å². The summed E-state index contributed by atoms with van der Waals surface area (Å²) in [6.07, 6.45) is 5.14. The van der Waals surface area contributed by atoms with Crippen molar-refractivity contribution >= 4 is 17.4 Å². The van der Waals surface area contributed by atoms with Gasteiger partial charge >= 0.3 is 0 Å². The van der Waals surface area contributed by atoms with Crippen LogP contribution in [0.25, 0.3) is 0 Å². The van der Waals surface area contributed by atoms with E-state index >= 15 is 0 Å². The van der Waals surface area contributed by atoms with Gasteiger partial charge in [0.2, 0.25) is 0 Å². The zero-order valence-electron chi connectivity index (χ0n) is 10.3. The van der Waals surface area contributed by atoms with Gasteiger partial charge in [0.1, 0.15) is 0 Å². The maximum Gasteiger partial charge on any atom is 0.0907 e. The van der Waals surface area contributed by atoms with Crippen LogP contribution >= 0.6 is 11.8 Å². The lowest BCUT2D eigenvalue weighted by Crippen LogP contribution is -2.25. The zero-order valence-corrected chi connectivity index (χ0v) is 11.1. The van der Waals surface area contributed by atoms with E-state index < -0.39 is 6.10 Å². The third kappa shape index (κ3) is 3.51. The fourth-order valence-corrected chi connectivity index (χ4v) is 2.28. The summed E-state index contributed by atoms with van der Waals surface area (Å²) in [4.78, 5) is 1.18. The summed E-state index contributed by atoms with van der Waals surface area (Å²) in [5.74, 6) is 0. The molecule has 1 aromatic carbocycles. The third-order valence-electron chi connectivity index (χ3n) is 2.59. The number of rotatable bonds is 6. The lowest BCUT2D eigenvalue weighted by atomic mass is 10.3. The first-order valence-corrected chi connectivity index (χ1v) is 7.04. The molecule has 1 aromatic heterocycles. The first kappa shape index (κ1) is 13.0. The minimum atomic E-state index is -0.459. The number of hydrogen-bond donors (Lipinski definition) is 2. The standard InChI is InChI=1S/C13H17N3OS/c1-18-13-6-3-2-5-12(13)14-9-11(17)10-16-8-4-7-15-16/h2-8,11,14,17H,9-10H2,1H3. The molecule has 1 heterocycles. The van der Waals surface area contributed by atoms with E-state index in [9.17, 15) is 5.11 Å². The van der Waals surface area contributed by atoms with E-state index in [4.69, 9.17) is 0 Å². The number of thioether (sulfide) groups is 1. The Morgan fingerprint density at radius 2 is 2.22 bits per heavy atom. The Morgan fingerprint density at radius 3 is 2.94 bits per heavy atom. The first-order valence-electron chi connectivity index (χ1n) is 5.82. The molecule has 0 bridgehead atoms. The molecule has 96 valence electrons. The predicted molar refractivity (Wildman–Crippen MR) is 74.9 cm³/mol. The van der Waals surface area contributed by atoms with Gasteiger partial charge in [-0.05, 0) is 24.5 Å². The largest absolute Gasteiger partial charge is 0.389 e. The molecule has 2 rings (SSSR count). The van der Waals surface area contributed by atoms with Crippen molar-refractivity contribution in [1.29, 1.82) is 0 Å². The van der Waals surface area contributed by atoms with E-state index in [2.05, 4.69) is 16.5 Å². The number of aliphatic hydroxyl groups excluding tert-OH is 1. The van der Waals surface area contributed by atoms with Crippen LogP contribution in [0.3, 0.4) is 0 Å². The monoisotopic (exact) mass is 263 g/mol. The number of para-hydroxylation sites is 1. The second kappa shape index (κ2) is 6.47. The average molecular weight is 263 g/mol. The van der Waals surface area contributed by atoms with Gasteiger partial charge in [-0.1, -0.05) is 12.1 Å². The molecule has 0 aliphatic carbocycles. The van der Waals surface area contributed by atoms with Gasteiger partial charge in [-0.3, -0.25) is 4.68 Å². The van der Waals surface area contributed by atoms with Crippen LogP contribution in [0.5, 0.6) is 0 Å². The van der Waals surface area contributed by atoms with Crippen molar-refractivity contribution in [3.05, 3.63) is 42.7 Å². The predicted octanol–water partition coefficient (Wildman–Crippen LogP) is 2.08. The molecule has 18 heavy (non-hydrogen) atoms. The summed E-state index contributed by atoms with van der Waals surface area (Å²) in [6, 6.07) is 9.93. The molecular weight excluding hydrogens is 246 g/mol. The van der Waals surface area contributed by atoms with Gasteiger partial charge < -0.3 is 10.4 Å². The second-order valence-electron chi connectivity index (χ2n) is 3.96. The van der Waals surface area contributed by atoms with Crippen LogP contribution in [-0.2, 0) is 6.54 Å². The molecule has 0 aliphatic heterocycles. The molecule has 2 aromatic rings. The first-order chi connectivity index (χ1) is 8.79. The molecule has 0 saturated carbocycles. The zero-order chi connectivity index (χ0) is 12.8. The van der Waals surface area contributed by atoms with Crippen LogP contribution in [0.2, 0.25) is 0 Å². The van der Waals surface area contributed by atoms with Gasteiger partial charge in [0.15, 0.2) is 0 Å². The minimum Gasteiger partial charge on any atom is -0.389 e. The summed E-state index contributed by atoms with van der Waals surface area (Å²) in [5.41, 5.74) is 1.06. The van der Waals surface area contributed by atoms with E-state index in [0.29, 0.717) is 13.1 Å². The molecule has 4 nitrogen and oxygen atoms in total. The van der Waals surface area contributed by atoms with E-state index in [1.807, 2.05) is 36.7 Å². The van der Waals surface area contributed by atoms with Gasteiger partial charge in [-0.15, -0.1) is 11.8 Å². The van der Waals surface area contributed by atoms with Crippen molar-refractivity contribution in [3.63, 3.8) is 0 Å². The fourth-order valence-electron chi connectivity index (χ4n) is 1.71. The van der Waals surface area contributed by atoms with Crippen LogP contribution in [0.1, 0.15) is 0 Å². The quantitative estimate of drug-likeness (QED) is 0.783. The van der Waals surface area contributed by atoms with Crippen molar-refractivity contribution in [1.82, 2.24) is 9.78 Å². The molecule has 2 N–H and O–H groups in total. The number of hydrogen-bond acceptors (Lipinski definition) is 4. The fraction of sp³-hybridized carbons (Fsp3) is 0.308. The molecule has 0 fully saturated rings. The van der Waals surface area contributed by atoms with Crippen LogP contribution in [0, 0.1) is 0 Å². The number of aromatic nitrogens is 2. The average Bonchev–Trinajstić information content (AvgIpc) is 2.89. The highest BCUT2D eigenvalue weighted by molar-refractivity contribution is 7.98. The highest BCUT2D eigenvalue weighted by atomic mass is 32.2. The molecule has 0 radical (unpaired) electrons. The van der Waals surface area contributed by atoms with Gasteiger partial charge in [0, 0.05) is 29.5 Å². The number of benzene rings is 1. The Bertz CT molecular complexity index is 473.